The van der Waals surface area contributed by atoms with E-state index in [-0.39, 0.29) is 11.7 Å². The van der Waals surface area contributed by atoms with Crippen LogP contribution >= 0.6 is 0 Å². The van der Waals surface area contributed by atoms with Crippen LogP contribution in [-0.2, 0) is 4.74 Å². The maximum absolute atomic E-state index is 11.6. The van der Waals surface area contributed by atoms with Gasteiger partial charge in [0, 0.05) is 6.54 Å². The van der Waals surface area contributed by atoms with Crippen LogP contribution in [0.4, 0.5) is 4.79 Å². The van der Waals surface area contributed by atoms with Crippen LogP contribution < -0.4 is 0 Å². The fraction of sp³-hybridized carbons (Fsp3) is 0.909. The fourth-order valence-electron chi connectivity index (χ4n) is 3.68. The second-order valence-corrected chi connectivity index (χ2v) is 5.61. The van der Waals surface area contributed by atoms with Crippen molar-refractivity contribution < 1.29 is 9.53 Å². The van der Waals surface area contributed by atoms with Gasteiger partial charge in [0.25, 0.3) is 0 Å². The molecule has 3 rings (SSSR count). The number of amides is 1. The Bertz CT molecular complexity index is 300. The van der Waals surface area contributed by atoms with Crippen molar-refractivity contribution in [1.82, 2.24) is 4.90 Å². The number of carbonyl (C=O) groups excluding carboxylic acids is 1. The molecular weight excluding hydrogens is 178 g/mol. The minimum Gasteiger partial charge on any atom is -0.441 e. The molecule has 3 nitrogen and oxygen atoms in total. The summed E-state index contributed by atoms with van der Waals surface area (Å²) < 4.78 is 5.39. The van der Waals surface area contributed by atoms with E-state index in [0.717, 1.165) is 18.4 Å². The second kappa shape index (κ2) is 2.26. The molecule has 78 valence electrons. The monoisotopic (exact) mass is 195 g/mol. The fourth-order valence-corrected chi connectivity index (χ4v) is 3.68. The summed E-state index contributed by atoms with van der Waals surface area (Å²) >= 11 is 0. The first-order chi connectivity index (χ1) is 6.50. The second-order valence-electron chi connectivity index (χ2n) is 5.61. The Hall–Kier alpha value is -0.730. The number of hydrogen-bond donors (Lipinski definition) is 0. The Kier molecular flexibility index (Phi) is 1.38. The number of rotatable bonds is 0. The highest BCUT2D eigenvalue weighted by Gasteiger charge is 2.62. The predicted molar refractivity (Wildman–Crippen MR) is 51.8 cm³/mol. The van der Waals surface area contributed by atoms with E-state index in [0.29, 0.717) is 12.0 Å². The highest BCUT2D eigenvalue weighted by Crippen LogP contribution is 2.54. The molecule has 0 aromatic carbocycles. The van der Waals surface area contributed by atoms with Gasteiger partial charge in [0.15, 0.2) is 0 Å². The van der Waals surface area contributed by atoms with Crippen LogP contribution in [0, 0.1) is 17.8 Å². The van der Waals surface area contributed by atoms with Crippen LogP contribution in [0.5, 0.6) is 0 Å². The molecule has 0 aromatic heterocycles. The van der Waals surface area contributed by atoms with Crippen LogP contribution in [0.25, 0.3) is 0 Å². The lowest BCUT2D eigenvalue weighted by Gasteiger charge is -2.42. The van der Waals surface area contributed by atoms with Gasteiger partial charge in [-0.3, -0.25) is 0 Å². The third-order valence-corrected chi connectivity index (χ3v) is 4.37. The van der Waals surface area contributed by atoms with E-state index in [4.69, 9.17) is 4.74 Å². The Morgan fingerprint density at radius 1 is 1.43 bits per heavy atom. The van der Waals surface area contributed by atoms with E-state index in [1.807, 2.05) is 18.7 Å². The molecule has 2 heterocycles. The zero-order chi connectivity index (χ0) is 10.1. The number of fused-ring (bicyclic) bond motifs is 3. The molecule has 3 aliphatic rings. The largest absolute Gasteiger partial charge is 0.441 e. The molecule has 0 aromatic rings. The molecule has 0 spiro atoms. The van der Waals surface area contributed by atoms with Gasteiger partial charge in [0.05, 0.1) is 6.04 Å². The summed E-state index contributed by atoms with van der Waals surface area (Å²) in [6.45, 7) is 7.31. The van der Waals surface area contributed by atoms with E-state index in [1.54, 1.807) is 0 Å². The van der Waals surface area contributed by atoms with Crippen molar-refractivity contribution in [3.63, 3.8) is 0 Å². The molecule has 1 aliphatic carbocycles. The molecule has 2 saturated heterocycles. The number of cyclic esters (lactones) is 1. The quantitative estimate of drug-likeness (QED) is 0.590. The van der Waals surface area contributed by atoms with Crippen molar-refractivity contribution in [3.05, 3.63) is 0 Å². The Morgan fingerprint density at radius 2 is 2.14 bits per heavy atom. The van der Waals surface area contributed by atoms with Crippen molar-refractivity contribution in [2.45, 2.75) is 38.8 Å². The topological polar surface area (TPSA) is 29.5 Å². The van der Waals surface area contributed by atoms with Gasteiger partial charge in [-0.1, -0.05) is 6.92 Å². The van der Waals surface area contributed by atoms with E-state index in [2.05, 4.69) is 6.92 Å². The highest BCUT2D eigenvalue weighted by molar-refractivity contribution is 5.72. The lowest BCUT2D eigenvalue weighted by molar-refractivity contribution is 0.0142. The first kappa shape index (κ1) is 8.57. The van der Waals surface area contributed by atoms with Crippen molar-refractivity contribution in [2.75, 3.05) is 6.54 Å². The normalized spacial score (nSPS) is 48.2. The van der Waals surface area contributed by atoms with Gasteiger partial charge >= 0.3 is 6.09 Å². The molecule has 0 radical (unpaired) electrons. The molecule has 4 atom stereocenters. The Labute approximate surface area is 84.4 Å². The number of hydrogen-bond acceptors (Lipinski definition) is 2. The van der Waals surface area contributed by atoms with Gasteiger partial charge in [0.2, 0.25) is 0 Å². The van der Waals surface area contributed by atoms with Gasteiger partial charge in [0.1, 0.15) is 5.60 Å². The molecule has 3 fully saturated rings. The summed E-state index contributed by atoms with van der Waals surface area (Å²) in [5.74, 6) is 2.24. The third-order valence-electron chi connectivity index (χ3n) is 4.37. The van der Waals surface area contributed by atoms with Gasteiger partial charge in [-0.25, -0.2) is 4.79 Å². The smallest absolute Gasteiger partial charge is 0.410 e. The van der Waals surface area contributed by atoms with Gasteiger partial charge in [-0.2, -0.15) is 0 Å². The minimum absolute atomic E-state index is 0.0957. The summed E-state index contributed by atoms with van der Waals surface area (Å²) in [4.78, 5) is 13.6. The zero-order valence-electron chi connectivity index (χ0n) is 8.99. The van der Waals surface area contributed by atoms with E-state index in [9.17, 15) is 4.79 Å². The predicted octanol–water partition coefficient (Wildman–Crippen LogP) is 1.87. The molecule has 2 aliphatic heterocycles. The molecule has 0 N–H and O–H groups in total. The lowest BCUT2D eigenvalue weighted by atomic mass is 9.63. The number of ether oxygens (including phenoxy) is 1. The Morgan fingerprint density at radius 3 is 2.79 bits per heavy atom. The standard InChI is InChI=1S/C11H17NO2/c1-6-4-7-8(6)5-12-9(7)11(2,3)14-10(12)13/h6-9H,4-5H2,1-3H3/t6-,7+,8-,9+/m1/s1. The Balaban J connectivity index is 1.93. The average Bonchev–Trinajstić information content (AvgIpc) is 2.47. The molecule has 1 saturated carbocycles. The lowest BCUT2D eigenvalue weighted by Crippen LogP contribution is -2.46. The summed E-state index contributed by atoms with van der Waals surface area (Å²) in [6, 6.07) is 0.344. The summed E-state index contributed by atoms with van der Waals surface area (Å²) in [5, 5.41) is 0. The third kappa shape index (κ3) is 0.812. The van der Waals surface area contributed by atoms with E-state index < -0.39 is 0 Å². The molecular formula is C11H17NO2. The summed E-state index contributed by atoms with van der Waals surface area (Å²) in [7, 11) is 0. The van der Waals surface area contributed by atoms with Crippen LogP contribution in [0.2, 0.25) is 0 Å². The first-order valence-electron chi connectivity index (χ1n) is 5.50. The van der Waals surface area contributed by atoms with Crippen molar-refractivity contribution in [3.8, 4) is 0 Å². The van der Waals surface area contributed by atoms with Crippen LogP contribution in [0.1, 0.15) is 27.2 Å². The number of carbonyl (C=O) groups is 1. The van der Waals surface area contributed by atoms with Crippen molar-refractivity contribution >= 4 is 6.09 Å². The van der Waals surface area contributed by atoms with Crippen LogP contribution in [0.3, 0.4) is 0 Å². The highest BCUT2D eigenvalue weighted by atomic mass is 16.6. The summed E-state index contributed by atoms with van der Waals surface area (Å²) in [6.07, 6.45) is 1.17. The molecule has 0 bridgehead atoms. The van der Waals surface area contributed by atoms with E-state index >= 15 is 0 Å². The van der Waals surface area contributed by atoms with Crippen molar-refractivity contribution in [1.29, 1.82) is 0 Å². The zero-order valence-corrected chi connectivity index (χ0v) is 8.99. The van der Waals surface area contributed by atoms with Gasteiger partial charge < -0.3 is 9.64 Å². The first-order valence-corrected chi connectivity index (χ1v) is 5.50. The number of nitrogens with zero attached hydrogens (tertiary/aromatic N) is 1. The average molecular weight is 195 g/mol. The molecule has 3 heteroatoms. The molecule has 14 heavy (non-hydrogen) atoms. The van der Waals surface area contributed by atoms with E-state index in [1.165, 1.54) is 6.42 Å². The minimum atomic E-state index is -0.267. The van der Waals surface area contributed by atoms with Gasteiger partial charge in [-0.05, 0) is 38.0 Å². The van der Waals surface area contributed by atoms with Crippen LogP contribution in [0.15, 0.2) is 0 Å². The van der Waals surface area contributed by atoms with Crippen molar-refractivity contribution in [2.24, 2.45) is 17.8 Å². The molecule has 1 amide bonds. The maximum Gasteiger partial charge on any atom is 0.410 e. The SMILES string of the molecule is C[C@@H]1C[C@H]2[C@@H]1CN1C(=O)OC(C)(C)[C@H]21. The molecule has 0 unspecified atom stereocenters. The summed E-state index contributed by atoms with van der Waals surface area (Å²) in [5.41, 5.74) is -0.267. The van der Waals surface area contributed by atoms with Crippen LogP contribution in [-0.4, -0.2) is 29.2 Å². The maximum atomic E-state index is 11.6. The van der Waals surface area contributed by atoms with Gasteiger partial charge in [-0.15, -0.1) is 0 Å².